The molecule has 1 saturated heterocycles. The van der Waals surface area contributed by atoms with Crippen molar-refractivity contribution in [3.8, 4) is 11.5 Å². The number of carbonyl (C=O) groups excluding carboxylic acids is 3. The molecule has 0 amide bonds. The molecule has 336 valence electrons. The number of aliphatic hydroxyl groups is 5. The first-order valence-electron chi connectivity index (χ1n) is 23.2. The summed E-state index contributed by atoms with van der Waals surface area (Å²) >= 11 is 0. The Morgan fingerprint density at radius 3 is 2.54 bits per heavy atom. The van der Waals surface area contributed by atoms with E-state index in [1.807, 2.05) is 6.07 Å². The van der Waals surface area contributed by atoms with Crippen LogP contribution in [-0.4, -0.2) is 102 Å². The van der Waals surface area contributed by atoms with Crippen LogP contribution >= 0.6 is 0 Å². The summed E-state index contributed by atoms with van der Waals surface area (Å²) < 4.78 is 14.3. The van der Waals surface area contributed by atoms with Gasteiger partial charge in [0.2, 0.25) is 5.78 Å². The van der Waals surface area contributed by atoms with Gasteiger partial charge >= 0.3 is 0 Å². The molecule has 6 heterocycles. The number of rotatable bonds is 2. The fourth-order valence-electron chi connectivity index (χ4n) is 15.2. The Morgan fingerprint density at radius 1 is 0.923 bits per heavy atom. The van der Waals surface area contributed by atoms with Gasteiger partial charge in [0.15, 0.2) is 17.5 Å². The molecule has 14 heteroatoms. The van der Waals surface area contributed by atoms with E-state index in [4.69, 9.17) is 19.4 Å². The number of aromatic nitrogens is 2. The molecule has 2 aromatic carbocycles. The maximum absolute atomic E-state index is 15.0. The third kappa shape index (κ3) is 4.80. The number of nitrogens with one attached hydrogen (secondary N) is 1. The molecule has 0 unspecified atom stereocenters. The highest BCUT2D eigenvalue weighted by Crippen LogP contribution is 2.73. The average molecular weight is 881 g/mol. The summed E-state index contributed by atoms with van der Waals surface area (Å²) in [5.41, 5.74) is -0.879. The second-order valence-corrected chi connectivity index (χ2v) is 20.9. The van der Waals surface area contributed by atoms with Crippen molar-refractivity contribution in [1.82, 2.24) is 9.97 Å². The van der Waals surface area contributed by atoms with Gasteiger partial charge in [-0.25, -0.2) is 4.98 Å². The van der Waals surface area contributed by atoms with Gasteiger partial charge in [0.1, 0.15) is 35.8 Å². The van der Waals surface area contributed by atoms with Gasteiger partial charge in [-0.05, 0) is 122 Å². The summed E-state index contributed by atoms with van der Waals surface area (Å²) in [6.45, 7) is 1.68. The van der Waals surface area contributed by atoms with Gasteiger partial charge in [-0.15, -0.1) is 5.69 Å². The van der Waals surface area contributed by atoms with Gasteiger partial charge in [-0.2, -0.15) is 5.69 Å². The molecular weight excluding hydrogens is 831 g/mol. The van der Waals surface area contributed by atoms with E-state index in [2.05, 4.69) is 5.32 Å². The minimum Gasteiger partial charge on any atom is -0.660 e. The number of nitrogens with zero attached hydrogens (tertiary/aromatic N) is 2. The van der Waals surface area contributed by atoms with Crippen LogP contribution in [0, 0.1) is 23.2 Å². The zero-order chi connectivity index (χ0) is 44.7. The van der Waals surface area contributed by atoms with Gasteiger partial charge in [0, 0.05) is 46.5 Å². The monoisotopic (exact) mass is 880 g/mol. The molecule has 2 aromatic heterocycles. The van der Waals surface area contributed by atoms with Crippen LogP contribution in [0.5, 0.6) is 11.5 Å². The van der Waals surface area contributed by atoms with Gasteiger partial charge in [0.05, 0.1) is 23.3 Å². The lowest BCUT2D eigenvalue weighted by molar-refractivity contribution is -0.366. The number of aromatic hydroxyl groups is 1. The van der Waals surface area contributed by atoms with E-state index in [-0.39, 0.29) is 58.1 Å². The number of pyridine rings is 1. The molecule has 10 atom stereocenters. The number of hydrogen-bond donors (Lipinski definition) is 7. The zero-order valence-corrected chi connectivity index (χ0v) is 35.9. The molecule has 65 heavy (non-hydrogen) atoms. The first-order valence-corrected chi connectivity index (χ1v) is 23.2. The third-order valence-corrected chi connectivity index (χ3v) is 17.8. The quantitative estimate of drug-likeness (QED) is 0.120. The number of phenolic OH excluding ortho intramolecular Hbond substituents is 1. The maximum Gasteiger partial charge on any atom is 0.261 e. The zero-order valence-electron chi connectivity index (χ0n) is 35.9. The van der Waals surface area contributed by atoms with Crippen molar-refractivity contribution in [3.05, 3.63) is 98.5 Å². The molecule has 4 aromatic rings. The van der Waals surface area contributed by atoms with Crippen LogP contribution in [0.25, 0.3) is 16.3 Å². The Balaban J connectivity index is 1.16. The highest BCUT2D eigenvalue weighted by Gasteiger charge is 2.75. The number of aryl methyl sites for hydroxylation is 1. The van der Waals surface area contributed by atoms with E-state index in [0.29, 0.717) is 71.0 Å². The number of carbonyl (C=O) groups is 3. The van der Waals surface area contributed by atoms with E-state index in [1.165, 1.54) is 24.4 Å². The van der Waals surface area contributed by atoms with Gasteiger partial charge < -0.3 is 55.2 Å². The Labute approximate surface area is 373 Å². The van der Waals surface area contributed by atoms with Crippen molar-refractivity contribution < 1.29 is 54.5 Å². The SMILES string of the molecule is Cc1cc(O)c2c(c1)C(=O)c1c(c3cc4c(nccc14)NC[C@@H](O)[C@@]14CCC[C@@H]1c1cc(CC=O)[n-]c1C1=C[C@@]5(O3)O[C@@]3(C1=C4C[C@]1(CCC4(CCCC4)C1)[C@H]3O)[C@@H](O)[C@H](O)[C@H]5O)C2=O. The molecule has 5 spiro atoms. The fraction of sp³-hybridized carbons (Fsp3) is 0.490. The molecular formula is C51H50N3O11-. The van der Waals surface area contributed by atoms with Crippen molar-refractivity contribution in [2.24, 2.45) is 16.2 Å². The lowest BCUT2D eigenvalue weighted by atomic mass is 9.51. The van der Waals surface area contributed by atoms with Crippen LogP contribution in [0.4, 0.5) is 5.82 Å². The van der Waals surface area contributed by atoms with E-state index < -0.39 is 70.1 Å². The van der Waals surface area contributed by atoms with Gasteiger partial charge in [-0.1, -0.05) is 36.5 Å². The van der Waals surface area contributed by atoms with Crippen molar-refractivity contribution in [3.63, 3.8) is 0 Å². The molecule has 4 aliphatic heterocycles. The number of aliphatic hydroxyl groups excluding tert-OH is 5. The van der Waals surface area contributed by atoms with Crippen LogP contribution in [0.2, 0.25) is 0 Å². The lowest BCUT2D eigenvalue weighted by Gasteiger charge is -2.64. The summed E-state index contributed by atoms with van der Waals surface area (Å²) in [5, 5.41) is 80.1. The molecule has 3 saturated carbocycles. The van der Waals surface area contributed by atoms with E-state index in [1.54, 1.807) is 19.1 Å². The standard InChI is InChI=1S/C51H50N3O11/c1-23-15-28-35(32(56)16-23)41(59)37-33-18-26-25(36(37)40(28)58)6-13-52-45(26)53-21-34(57)49-10-4-5-30(49)27-17-24(7-14-55)54-39(27)29-19-50(64-33)43(61)42(60)44(62)51(65-50)38(29)31(49)20-48(46(51)63)12-11-47(22-48)8-2-3-9-47/h6,13-19,30,34,42-44,46,57,60-63H,2-5,7-12,20-22H2,1H3,(H,56,59)(H,52,53,58)/q-1/t30-,34-,42-,43-,44+,46-,48+,49+,50-,51+/m1/s1. The Bertz CT molecular complexity index is 2930. The van der Waals surface area contributed by atoms with Crippen LogP contribution in [0.1, 0.15) is 131 Å². The van der Waals surface area contributed by atoms with Gasteiger partial charge in [-0.3, -0.25) is 9.59 Å². The smallest absolute Gasteiger partial charge is 0.261 e. The van der Waals surface area contributed by atoms with E-state index in [9.17, 15) is 45.0 Å². The predicted octanol–water partition coefficient (Wildman–Crippen LogP) is 4.59. The molecule has 8 bridgehead atoms. The lowest BCUT2D eigenvalue weighted by Crippen LogP contribution is -2.79. The maximum atomic E-state index is 15.0. The minimum atomic E-state index is -2.47. The summed E-state index contributed by atoms with van der Waals surface area (Å²) in [7, 11) is 0. The number of hydrogen-bond acceptors (Lipinski definition) is 13. The van der Waals surface area contributed by atoms with Crippen molar-refractivity contribution in [1.29, 1.82) is 0 Å². The minimum absolute atomic E-state index is 0.00429. The second-order valence-electron chi connectivity index (χ2n) is 20.9. The molecule has 0 radical (unpaired) electrons. The largest absolute Gasteiger partial charge is 0.660 e. The van der Waals surface area contributed by atoms with Crippen LogP contribution < -0.4 is 15.0 Å². The number of aldehydes is 1. The van der Waals surface area contributed by atoms with Gasteiger partial charge in [0.25, 0.3) is 5.79 Å². The summed E-state index contributed by atoms with van der Waals surface area (Å²) in [4.78, 5) is 51.8. The van der Waals surface area contributed by atoms with Crippen molar-refractivity contribution in [2.45, 2.75) is 132 Å². The molecule has 14 rings (SSSR count). The highest BCUT2D eigenvalue weighted by molar-refractivity contribution is 6.34. The van der Waals surface area contributed by atoms with E-state index >= 15 is 0 Å². The second kappa shape index (κ2) is 13.0. The van der Waals surface area contributed by atoms with E-state index in [0.717, 1.165) is 55.9 Å². The summed E-state index contributed by atoms with van der Waals surface area (Å²) in [6, 6.07) is 7.97. The molecule has 4 fully saturated rings. The topological polar surface area (TPSA) is 230 Å². The number of fused-ring (bicyclic) bond motifs is 7. The molecule has 6 aliphatic carbocycles. The molecule has 10 aliphatic rings. The van der Waals surface area contributed by atoms with Crippen LogP contribution in [0.15, 0.2) is 53.8 Å². The van der Waals surface area contributed by atoms with Crippen LogP contribution in [0.3, 0.4) is 0 Å². The average Bonchev–Trinajstić information content (AvgIpc) is 4.10. The number of ether oxygens (including phenoxy) is 2. The molecule has 14 nitrogen and oxygen atoms in total. The first-order chi connectivity index (χ1) is 31.2. The molecule has 7 N–H and O–H groups in total. The van der Waals surface area contributed by atoms with Crippen molar-refractivity contribution in [2.75, 3.05) is 11.9 Å². The normalized spacial score (nSPS) is 36.9. The summed E-state index contributed by atoms with van der Waals surface area (Å²) in [6.07, 6.45) is 3.69. The number of anilines is 1. The summed E-state index contributed by atoms with van der Waals surface area (Å²) in [5.74, 6) is -4.50. The highest BCUT2D eigenvalue weighted by atomic mass is 16.7. The van der Waals surface area contributed by atoms with Crippen molar-refractivity contribution >= 4 is 40.0 Å². The third-order valence-electron chi connectivity index (χ3n) is 17.8. The Morgan fingerprint density at radius 2 is 1.74 bits per heavy atom. The fourth-order valence-corrected chi connectivity index (χ4v) is 15.2. The van der Waals surface area contributed by atoms with Crippen LogP contribution in [-0.2, 0) is 16.0 Å². The number of ketones is 2. The number of benzene rings is 2. The number of phenols is 1. The predicted molar refractivity (Wildman–Crippen MR) is 233 cm³/mol. The Kier molecular flexibility index (Phi) is 8.03. The first kappa shape index (κ1) is 40.1. The Hall–Kier alpha value is -5.22.